The minimum atomic E-state index is -0.441. The summed E-state index contributed by atoms with van der Waals surface area (Å²) in [4.78, 5) is 25.9. The van der Waals surface area contributed by atoms with Crippen LogP contribution in [0.15, 0.2) is 78.9 Å². The molecule has 1 atom stereocenters. The number of nitrogens with zero attached hydrogens (tertiary/aromatic N) is 2. The summed E-state index contributed by atoms with van der Waals surface area (Å²) in [6.45, 7) is 1.93. The molecule has 0 spiro atoms. The monoisotopic (exact) mass is 431 g/mol. The molecule has 3 aromatic rings. The van der Waals surface area contributed by atoms with Gasteiger partial charge in [0.2, 0.25) is 0 Å². The summed E-state index contributed by atoms with van der Waals surface area (Å²) in [5, 5.41) is 15.2. The number of morpholine rings is 1. The highest BCUT2D eigenvalue weighted by Crippen LogP contribution is 2.31. The topological polar surface area (TPSA) is 84.7 Å². The second-order valence-corrected chi connectivity index (χ2v) is 7.69. The van der Waals surface area contributed by atoms with Crippen molar-refractivity contribution in [2.75, 3.05) is 31.6 Å². The van der Waals surface area contributed by atoms with E-state index in [1.807, 2.05) is 60.7 Å². The highest BCUT2D eigenvalue weighted by Gasteiger charge is 2.24. The Morgan fingerprint density at radius 2 is 1.66 bits per heavy atom. The van der Waals surface area contributed by atoms with E-state index in [0.717, 1.165) is 11.1 Å². The SMILES string of the molecule is O=C(c1ccc(NC(Cc2ccccc2)c2ccccc2)c([N+](=O)[O-])c1)N1CCOCC1. The molecule has 4 rings (SSSR count). The maximum atomic E-state index is 12.8. The first-order chi connectivity index (χ1) is 15.6. The number of carbonyl (C=O) groups is 1. The first-order valence-corrected chi connectivity index (χ1v) is 10.6. The van der Waals surface area contributed by atoms with E-state index in [0.29, 0.717) is 44.0 Å². The largest absolute Gasteiger partial charge is 0.378 e. The zero-order valence-electron chi connectivity index (χ0n) is 17.6. The van der Waals surface area contributed by atoms with Gasteiger partial charge in [0.1, 0.15) is 5.69 Å². The van der Waals surface area contributed by atoms with Crippen LogP contribution in [0.2, 0.25) is 0 Å². The first kappa shape index (κ1) is 21.5. The Morgan fingerprint density at radius 3 is 2.31 bits per heavy atom. The van der Waals surface area contributed by atoms with Crippen molar-refractivity contribution < 1.29 is 14.5 Å². The lowest BCUT2D eigenvalue weighted by molar-refractivity contribution is -0.384. The van der Waals surface area contributed by atoms with Crippen molar-refractivity contribution in [2.24, 2.45) is 0 Å². The number of hydrogen-bond acceptors (Lipinski definition) is 5. The van der Waals surface area contributed by atoms with Gasteiger partial charge in [0.25, 0.3) is 11.6 Å². The van der Waals surface area contributed by atoms with Gasteiger partial charge in [-0.15, -0.1) is 0 Å². The summed E-state index contributed by atoms with van der Waals surface area (Å²) in [5.41, 5.74) is 2.73. The Hall–Kier alpha value is -3.71. The number of benzene rings is 3. The van der Waals surface area contributed by atoms with Crippen LogP contribution in [0.1, 0.15) is 27.5 Å². The fourth-order valence-corrected chi connectivity index (χ4v) is 3.86. The van der Waals surface area contributed by atoms with Gasteiger partial charge in [-0.05, 0) is 29.7 Å². The van der Waals surface area contributed by atoms with E-state index in [2.05, 4.69) is 5.32 Å². The van der Waals surface area contributed by atoms with Crippen LogP contribution >= 0.6 is 0 Å². The number of nitro benzene ring substituents is 1. The minimum Gasteiger partial charge on any atom is -0.378 e. The number of amides is 1. The quantitative estimate of drug-likeness (QED) is 0.441. The van der Waals surface area contributed by atoms with Gasteiger partial charge in [-0.3, -0.25) is 14.9 Å². The maximum absolute atomic E-state index is 12.8. The number of hydrogen-bond donors (Lipinski definition) is 1. The van der Waals surface area contributed by atoms with Gasteiger partial charge in [-0.1, -0.05) is 60.7 Å². The molecule has 32 heavy (non-hydrogen) atoms. The molecule has 0 saturated carbocycles. The van der Waals surface area contributed by atoms with Crippen molar-refractivity contribution in [2.45, 2.75) is 12.5 Å². The minimum absolute atomic E-state index is 0.113. The molecular formula is C25H25N3O4. The van der Waals surface area contributed by atoms with Gasteiger partial charge in [-0.25, -0.2) is 0 Å². The molecule has 0 bridgehead atoms. The van der Waals surface area contributed by atoms with Gasteiger partial charge in [0.05, 0.1) is 24.2 Å². The number of carbonyl (C=O) groups excluding carboxylic acids is 1. The molecule has 1 N–H and O–H groups in total. The van der Waals surface area contributed by atoms with E-state index in [1.165, 1.54) is 6.07 Å². The highest BCUT2D eigenvalue weighted by molar-refractivity contribution is 5.95. The van der Waals surface area contributed by atoms with Crippen molar-refractivity contribution in [3.8, 4) is 0 Å². The molecule has 1 amide bonds. The molecule has 164 valence electrons. The van der Waals surface area contributed by atoms with Crippen LogP contribution in [-0.4, -0.2) is 42.0 Å². The van der Waals surface area contributed by atoms with Crippen LogP contribution in [-0.2, 0) is 11.2 Å². The highest BCUT2D eigenvalue weighted by atomic mass is 16.6. The zero-order valence-corrected chi connectivity index (χ0v) is 17.6. The van der Waals surface area contributed by atoms with Crippen LogP contribution in [0, 0.1) is 10.1 Å². The normalized spacial score (nSPS) is 14.6. The van der Waals surface area contributed by atoms with Crippen molar-refractivity contribution >= 4 is 17.3 Å². The number of nitrogens with one attached hydrogen (secondary N) is 1. The molecule has 0 radical (unpaired) electrons. The Morgan fingerprint density at radius 1 is 1.00 bits per heavy atom. The standard InChI is InChI=1S/C25H25N3O4/c29-25(27-13-15-32-16-14-27)21-11-12-22(24(18-21)28(30)31)26-23(20-9-5-2-6-10-20)17-19-7-3-1-4-8-19/h1-12,18,23,26H,13-17H2. The molecule has 0 aliphatic carbocycles. The maximum Gasteiger partial charge on any atom is 0.293 e. The summed E-state index contributed by atoms with van der Waals surface area (Å²) < 4.78 is 5.29. The Labute approximate surface area is 186 Å². The number of rotatable bonds is 7. The predicted octanol–water partition coefficient (Wildman–Crippen LogP) is 4.46. The molecule has 3 aromatic carbocycles. The van der Waals surface area contributed by atoms with Gasteiger partial charge >= 0.3 is 0 Å². The average Bonchev–Trinajstić information content (AvgIpc) is 2.85. The van der Waals surface area contributed by atoms with Crippen LogP contribution in [0.5, 0.6) is 0 Å². The molecule has 1 heterocycles. The number of ether oxygens (including phenoxy) is 1. The van der Waals surface area contributed by atoms with Crippen molar-refractivity contribution in [3.05, 3.63) is 106 Å². The van der Waals surface area contributed by atoms with Crippen molar-refractivity contribution in [3.63, 3.8) is 0 Å². The number of anilines is 1. The Bertz CT molecular complexity index is 1070. The summed E-state index contributed by atoms with van der Waals surface area (Å²) >= 11 is 0. The third kappa shape index (κ3) is 5.12. The van der Waals surface area contributed by atoms with Gasteiger partial charge < -0.3 is 15.0 Å². The third-order valence-electron chi connectivity index (χ3n) is 5.55. The van der Waals surface area contributed by atoms with Gasteiger partial charge in [-0.2, -0.15) is 0 Å². The van der Waals surface area contributed by atoms with E-state index in [4.69, 9.17) is 4.74 Å². The van der Waals surface area contributed by atoms with Crippen molar-refractivity contribution in [1.82, 2.24) is 4.90 Å². The van der Waals surface area contributed by atoms with Crippen LogP contribution in [0.4, 0.5) is 11.4 Å². The fourth-order valence-electron chi connectivity index (χ4n) is 3.86. The zero-order chi connectivity index (χ0) is 22.3. The molecule has 0 aromatic heterocycles. The predicted molar refractivity (Wildman–Crippen MR) is 123 cm³/mol. The summed E-state index contributed by atoms with van der Waals surface area (Å²) in [6.07, 6.45) is 0.663. The molecule has 7 heteroatoms. The summed E-state index contributed by atoms with van der Waals surface area (Å²) in [6, 6.07) is 24.3. The average molecular weight is 431 g/mol. The van der Waals surface area contributed by atoms with Crippen molar-refractivity contribution in [1.29, 1.82) is 0 Å². The fraction of sp³-hybridized carbons (Fsp3) is 0.240. The van der Waals surface area contributed by atoms with Crippen LogP contribution in [0.25, 0.3) is 0 Å². The third-order valence-corrected chi connectivity index (χ3v) is 5.55. The first-order valence-electron chi connectivity index (χ1n) is 10.6. The van der Waals surface area contributed by atoms with E-state index >= 15 is 0 Å². The van der Waals surface area contributed by atoms with E-state index in [1.54, 1.807) is 17.0 Å². The van der Waals surface area contributed by atoms with E-state index in [-0.39, 0.29) is 17.6 Å². The molecule has 1 aliphatic heterocycles. The van der Waals surface area contributed by atoms with E-state index < -0.39 is 4.92 Å². The Balaban J connectivity index is 1.62. The molecule has 1 aliphatic rings. The molecule has 7 nitrogen and oxygen atoms in total. The molecule has 1 unspecified atom stereocenters. The molecule has 1 saturated heterocycles. The smallest absolute Gasteiger partial charge is 0.293 e. The van der Waals surface area contributed by atoms with Gasteiger partial charge in [0, 0.05) is 24.7 Å². The second kappa shape index (κ2) is 10.1. The lowest BCUT2D eigenvalue weighted by atomic mass is 9.98. The van der Waals surface area contributed by atoms with Crippen LogP contribution in [0.3, 0.4) is 0 Å². The van der Waals surface area contributed by atoms with Crippen LogP contribution < -0.4 is 5.32 Å². The molecular weight excluding hydrogens is 406 g/mol. The summed E-state index contributed by atoms with van der Waals surface area (Å²) in [7, 11) is 0. The number of nitro groups is 1. The second-order valence-electron chi connectivity index (χ2n) is 7.69. The lowest BCUT2D eigenvalue weighted by Gasteiger charge is -2.27. The van der Waals surface area contributed by atoms with E-state index in [9.17, 15) is 14.9 Å². The van der Waals surface area contributed by atoms with Gasteiger partial charge in [0.15, 0.2) is 0 Å². The Kier molecular flexibility index (Phi) is 6.77. The lowest BCUT2D eigenvalue weighted by Crippen LogP contribution is -2.40. The molecule has 1 fully saturated rings. The summed E-state index contributed by atoms with van der Waals surface area (Å²) in [5.74, 6) is -0.216.